The first kappa shape index (κ1) is 19.3. The van der Waals surface area contributed by atoms with Crippen LogP contribution >= 0.6 is 27.5 Å². The number of carbonyl (C=O) groups is 1. The third-order valence-corrected chi connectivity index (χ3v) is 5.36. The summed E-state index contributed by atoms with van der Waals surface area (Å²) in [4.78, 5) is 23.2. The summed E-state index contributed by atoms with van der Waals surface area (Å²) in [6, 6.07) is 7.95. The lowest BCUT2D eigenvalue weighted by Crippen LogP contribution is -2.51. The van der Waals surface area contributed by atoms with E-state index >= 15 is 0 Å². The van der Waals surface area contributed by atoms with Crippen molar-refractivity contribution >= 4 is 39.1 Å². The molecule has 0 N–H and O–H groups in total. The number of aromatic nitrogens is 2. The molecule has 1 aromatic heterocycles. The summed E-state index contributed by atoms with van der Waals surface area (Å²) in [7, 11) is 0. The molecule has 5 nitrogen and oxygen atoms in total. The summed E-state index contributed by atoms with van der Waals surface area (Å²) in [5.74, 6) is 0.915. The first-order valence-electron chi connectivity index (χ1n) is 8.57. The van der Waals surface area contributed by atoms with Gasteiger partial charge >= 0.3 is 0 Å². The molecule has 0 aliphatic carbocycles. The highest BCUT2D eigenvalue weighted by molar-refractivity contribution is 9.10. The molecule has 0 bridgehead atoms. The van der Waals surface area contributed by atoms with Crippen molar-refractivity contribution in [2.24, 2.45) is 0 Å². The fourth-order valence-electron chi connectivity index (χ4n) is 3.11. The van der Waals surface area contributed by atoms with Crippen molar-refractivity contribution in [3.8, 4) is 0 Å². The molecule has 2 atom stereocenters. The van der Waals surface area contributed by atoms with E-state index in [2.05, 4.69) is 64.0 Å². The Labute approximate surface area is 166 Å². The minimum absolute atomic E-state index is 0.138. The van der Waals surface area contributed by atoms with E-state index in [4.69, 9.17) is 16.3 Å². The second-order valence-corrected chi connectivity index (χ2v) is 7.77. The van der Waals surface area contributed by atoms with Crippen LogP contribution in [0.2, 0.25) is 5.28 Å². The predicted molar refractivity (Wildman–Crippen MR) is 106 cm³/mol. The van der Waals surface area contributed by atoms with Crippen LogP contribution in [0.5, 0.6) is 0 Å². The first-order chi connectivity index (χ1) is 12.5. The molecule has 0 saturated carbocycles. The van der Waals surface area contributed by atoms with Crippen LogP contribution in [0.25, 0.3) is 0 Å². The number of carbonyl (C=O) groups excluding carboxylic acids is 1. The average molecular weight is 439 g/mol. The summed E-state index contributed by atoms with van der Waals surface area (Å²) in [5.41, 5.74) is 2.38. The maximum atomic E-state index is 13.0. The summed E-state index contributed by atoms with van der Waals surface area (Å²) in [5, 5.41) is 0.161. The number of morpholine rings is 1. The van der Waals surface area contributed by atoms with Crippen molar-refractivity contribution in [3.63, 3.8) is 0 Å². The van der Waals surface area contributed by atoms with Crippen LogP contribution in [0.3, 0.4) is 0 Å². The van der Waals surface area contributed by atoms with Crippen molar-refractivity contribution in [1.82, 2.24) is 9.97 Å². The lowest BCUT2D eigenvalue weighted by atomic mass is 9.92. The molecular formula is C19H21BrClN3O2. The number of ether oxygens (including phenoxy) is 1. The number of rotatable bonds is 5. The monoisotopic (exact) mass is 437 g/mol. The normalized spacial score (nSPS) is 18.6. The van der Waals surface area contributed by atoms with Gasteiger partial charge in [0.1, 0.15) is 11.9 Å². The van der Waals surface area contributed by atoms with Crippen LogP contribution in [0.4, 0.5) is 5.82 Å². The molecule has 1 aliphatic heterocycles. The number of ketones is 1. The first-order valence-corrected chi connectivity index (χ1v) is 9.74. The van der Waals surface area contributed by atoms with Gasteiger partial charge in [-0.05, 0) is 45.9 Å². The number of halogens is 2. The lowest BCUT2D eigenvalue weighted by molar-refractivity contribution is -0.122. The highest BCUT2D eigenvalue weighted by atomic mass is 79.9. The molecular weight excluding hydrogens is 418 g/mol. The number of nitrogens with zero attached hydrogens (tertiary/aromatic N) is 3. The van der Waals surface area contributed by atoms with Crippen molar-refractivity contribution in [1.29, 1.82) is 0 Å². The van der Waals surface area contributed by atoms with Gasteiger partial charge in [-0.25, -0.2) is 4.98 Å². The molecule has 1 saturated heterocycles. The van der Waals surface area contributed by atoms with E-state index in [9.17, 15) is 4.79 Å². The van der Waals surface area contributed by atoms with Crippen LogP contribution in [0.1, 0.15) is 30.4 Å². The van der Waals surface area contributed by atoms with Gasteiger partial charge in [-0.15, -0.1) is 0 Å². The minimum Gasteiger partial charge on any atom is -0.377 e. The van der Waals surface area contributed by atoms with Crippen LogP contribution < -0.4 is 4.90 Å². The van der Waals surface area contributed by atoms with Crippen LogP contribution in [-0.2, 0) is 9.53 Å². The molecule has 1 aromatic carbocycles. The lowest BCUT2D eigenvalue weighted by Gasteiger charge is -2.36. The molecule has 2 aromatic rings. The van der Waals surface area contributed by atoms with Gasteiger partial charge in [0.25, 0.3) is 0 Å². The number of benzene rings is 1. The topological polar surface area (TPSA) is 55.3 Å². The molecule has 1 unspecified atom stereocenters. The Balaban J connectivity index is 1.77. The second-order valence-electron chi connectivity index (χ2n) is 6.58. The molecule has 1 aliphatic rings. The van der Waals surface area contributed by atoms with E-state index in [1.165, 1.54) is 11.1 Å². The quantitative estimate of drug-likeness (QED) is 0.656. The number of hydrogen-bond acceptors (Lipinski definition) is 5. The zero-order valence-corrected chi connectivity index (χ0v) is 17.1. The van der Waals surface area contributed by atoms with Gasteiger partial charge in [0.15, 0.2) is 5.78 Å². The Morgan fingerprint density at radius 2 is 2.15 bits per heavy atom. The number of anilines is 1. The molecule has 1 fully saturated rings. The van der Waals surface area contributed by atoms with E-state index in [0.717, 1.165) is 0 Å². The molecule has 26 heavy (non-hydrogen) atoms. The van der Waals surface area contributed by atoms with Gasteiger partial charge in [0.05, 0.1) is 17.7 Å². The van der Waals surface area contributed by atoms with Crippen LogP contribution in [0.15, 0.2) is 34.9 Å². The molecule has 138 valence electrons. The Hall–Kier alpha value is -1.50. The fraction of sp³-hybridized carbons (Fsp3) is 0.421. The Kier molecular flexibility index (Phi) is 6.27. The summed E-state index contributed by atoms with van der Waals surface area (Å²) >= 11 is 9.41. The fourth-order valence-corrected chi connectivity index (χ4v) is 3.66. The van der Waals surface area contributed by atoms with Gasteiger partial charge in [0.2, 0.25) is 5.28 Å². The number of hydrogen-bond donors (Lipinski definition) is 0. The van der Waals surface area contributed by atoms with Crippen molar-refractivity contribution in [2.45, 2.75) is 32.2 Å². The van der Waals surface area contributed by atoms with E-state index in [1.54, 1.807) is 6.20 Å². The largest absolute Gasteiger partial charge is 0.377 e. The van der Waals surface area contributed by atoms with Crippen LogP contribution in [-0.4, -0.2) is 41.6 Å². The predicted octanol–water partition coefficient (Wildman–Crippen LogP) is 4.17. The van der Waals surface area contributed by atoms with Crippen LogP contribution in [0, 0.1) is 6.92 Å². The average Bonchev–Trinajstić information content (AvgIpc) is 2.64. The van der Waals surface area contributed by atoms with E-state index in [1.807, 2.05) is 4.90 Å². The van der Waals surface area contributed by atoms with Gasteiger partial charge in [-0.3, -0.25) is 4.79 Å². The third kappa shape index (κ3) is 4.42. The Bertz CT molecular complexity index is 785. The van der Waals surface area contributed by atoms with E-state index < -0.39 is 0 Å². The number of aryl methyl sites for hydroxylation is 1. The molecule has 3 rings (SSSR count). The SMILES string of the molecule is Cc1ccc([C@H](C)CC(=O)C2COCCN2c2nc(Cl)ncc2Br)cc1. The maximum Gasteiger partial charge on any atom is 0.224 e. The maximum absolute atomic E-state index is 13.0. The summed E-state index contributed by atoms with van der Waals surface area (Å²) < 4.78 is 6.29. The van der Waals surface area contributed by atoms with Gasteiger partial charge in [0, 0.05) is 19.2 Å². The molecule has 2 heterocycles. The third-order valence-electron chi connectivity index (χ3n) is 4.62. The molecule has 0 radical (unpaired) electrons. The second kappa shape index (κ2) is 8.46. The molecule has 7 heteroatoms. The summed E-state index contributed by atoms with van der Waals surface area (Å²) in [6.45, 7) is 5.62. The number of Topliss-reactive ketones (excluding diaryl/α,β-unsaturated/α-hetero) is 1. The Morgan fingerprint density at radius 1 is 1.42 bits per heavy atom. The Morgan fingerprint density at radius 3 is 2.88 bits per heavy atom. The van der Waals surface area contributed by atoms with Gasteiger partial charge < -0.3 is 9.64 Å². The minimum atomic E-state index is -0.376. The molecule has 0 spiro atoms. The van der Waals surface area contributed by atoms with E-state index in [-0.39, 0.29) is 23.0 Å². The molecule has 0 amide bonds. The summed E-state index contributed by atoms with van der Waals surface area (Å²) in [6.07, 6.45) is 2.06. The van der Waals surface area contributed by atoms with Crippen molar-refractivity contribution in [2.75, 3.05) is 24.7 Å². The van der Waals surface area contributed by atoms with Crippen molar-refractivity contribution in [3.05, 3.63) is 51.3 Å². The van der Waals surface area contributed by atoms with E-state index in [0.29, 0.717) is 36.5 Å². The van der Waals surface area contributed by atoms with Crippen molar-refractivity contribution < 1.29 is 9.53 Å². The smallest absolute Gasteiger partial charge is 0.224 e. The van der Waals surface area contributed by atoms with Gasteiger partial charge in [-0.1, -0.05) is 36.8 Å². The van der Waals surface area contributed by atoms with Gasteiger partial charge in [-0.2, -0.15) is 4.98 Å². The highest BCUT2D eigenvalue weighted by Gasteiger charge is 2.32. The zero-order chi connectivity index (χ0) is 18.7. The standard InChI is InChI=1S/C19H21BrClN3O2/c1-12-3-5-14(6-4-12)13(2)9-17(25)16-11-26-8-7-24(16)18-15(20)10-22-19(21)23-18/h3-6,10,13,16H,7-9,11H2,1-2H3/t13-,16?/m1/s1. The highest BCUT2D eigenvalue weighted by Crippen LogP contribution is 2.29. The zero-order valence-electron chi connectivity index (χ0n) is 14.8.